The predicted octanol–water partition coefficient (Wildman–Crippen LogP) is -3.69. The van der Waals surface area contributed by atoms with Gasteiger partial charge in [-0.05, 0) is 6.42 Å². The number of amides is 3. The highest BCUT2D eigenvalue weighted by Gasteiger charge is 2.29. The number of aliphatic hydroxyl groups is 1. The first-order chi connectivity index (χ1) is 14.2. The first-order valence-corrected chi connectivity index (χ1v) is 8.80. The minimum Gasteiger partial charge on any atom is -0.481 e. The van der Waals surface area contributed by atoms with Gasteiger partial charge in [0.1, 0.15) is 18.1 Å². The van der Waals surface area contributed by atoms with Crippen LogP contribution in [-0.4, -0.2) is 86.2 Å². The molecule has 0 aliphatic rings. The quantitative estimate of drug-likeness (QED) is 0.153. The predicted molar refractivity (Wildman–Crippen MR) is 98.7 cm³/mol. The summed E-state index contributed by atoms with van der Waals surface area (Å²) in [5.41, 5.74) is 5.73. The van der Waals surface area contributed by atoms with Gasteiger partial charge in [0.25, 0.3) is 0 Å². The zero-order chi connectivity index (χ0) is 22.7. The van der Waals surface area contributed by atoms with Crippen molar-refractivity contribution in [1.82, 2.24) is 25.9 Å². The van der Waals surface area contributed by atoms with Crippen molar-refractivity contribution in [2.75, 3.05) is 13.2 Å². The number of aromatic amines is 1. The third-order valence-electron chi connectivity index (χ3n) is 3.89. The monoisotopic (exact) mass is 428 g/mol. The number of aliphatic hydroxyl groups excluding tert-OH is 1. The topological polar surface area (TPSA) is 237 Å². The average Bonchev–Trinajstić information content (AvgIpc) is 3.20. The molecule has 1 rings (SSSR count). The number of carbonyl (C=O) groups excluding carboxylic acids is 3. The van der Waals surface area contributed by atoms with Crippen LogP contribution in [0.25, 0.3) is 0 Å². The van der Waals surface area contributed by atoms with Gasteiger partial charge in [0.15, 0.2) is 0 Å². The van der Waals surface area contributed by atoms with E-state index in [1.54, 1.807) is 0 Å². The van der Waals surface area contributed by atoms with Gasteiger partial charge < -0.3 is 42.0 Å². The molecule has 1 aromatic heterocycles. The van der Waals surface area contributed by atoms with Gasteiger partial charge in [-0.3, -0.25) is 19.2 Å². The standard InChI is InChI=1S/C16H24N6O8/c17-4-12(24)20-10(3-8-5-18-7-19-8)14(27)22-11(6-23)15(28)21-9(16(29)30)1-2-13(25)26/h5,7,9-11,23H,1-4,6,17H2,(H,18,19)(H,20,24)(H,21,28)(H,22,27)(H,25,26)(H,29,30). The van der Waals surface area contributed by atoms with E-state index in [4.69, 9.17) is 15.9 Å². The molecule has 14 nitrogen and oxygen atoms in total. The highest BCUT2D eigenvalue weighted by Crippen LogP contribution is 2.02. The summed E-state index contributed by atoms with van der Waals surface area (Å²) in [6.45, 7) is -1.26. The van der Waals surface area contributed by atoms with Crippen molar-refractivity contribution in [3.63, 3.8) is 0 Å². The van der Waals surface area contributed by atoms with Gasteiger partial charge in [-0.2, -0.15) is 0 Å². The number of aliphatic carboxylic acids is 2. The van der Waals surface area contributed by atoms with E-state index < -0.39 is 67.2 Å². The first-order valence-electron chi connectivity index (χ1n) is 8.80. The Balaban J connectivity index is 2.82. The van der Waals surface area contributed by atoms with Gasteiger partial charge in [0.05, 0.1) is 19.5 Å². The van der Waals surface area contributed by atoms with Crippen molar-refractivity contribution in [3.05, 3.63) is 18.2 Å². The summed E-state index contributed by atoms with van der Waals surface area (Å²) in [5, 5.41) is 33.9. The Kier molecular flexibility index (Phi) is 9.91. The van der Waals surface area contributed by atoms with Crippen molar-refractivity contribution >= 4 is 29.7 Å². The lowest BCUT2D eigenvalue weighted by molar-refractivity contribution is -0.143. The number of nitrogens with one attached hydrogen (secondary N) is 4. The molecule has 3 unspecified atom stereocenters. The molecule has 0 aliphatic heterocycles. The maximum Gasteiger partial charge on any atom is 0.326 e. The molecule has 166 valence electrons. The number of carboxylic acids is 2. The molecule has 1 aromatic rings. The second kappa shape index (κ2) is 12.1. The summed E-state index contributed by atoms with van der Waals surface area (Å²) in [4.78, 5) is 64.8. The molecule has 9 N–H and O–H groups in total. The third kappa shape index (κ3) is 8.24. The molecule has 1 heterocycles. The number of nitrogens with two attached hydrogens (primary N) is 1. The number of carboxylic acid groups (broad SMARTS) is 2. The fourth-order valence-corrected chi connectivity index (χ4v) is 2.34. The number of aromatic nitrogens is 2. The van der Waals surface area contributed by atoms with Gasteiger partial charge in [-0.1, -0.05) is 0 Å². The van der Waals surface area contributed by atoms with Crippen LogP contribution in [0.5, 0.6) is 0 Å². The van der Waals surface area contributed by atoms with Gasteiger partial charge in [0, 0.05) is 24.7 Å². The minimum absolute atomic E-state index is 0.0201. The highest BCUT2D eigenvalue weighted by molar-refractivity contribution is 5.93. The van der Waals surface area contributed by atoms with Crippen LogP contribution in [0, 0.1) is 0 Å². The number of hydrogen-bond donors (Lipinski definition) is 8. The van der Waals surface area contributed by atoms with Crippen molar-refractivity contribution < 1.29 is 39.3 Å². The number of carbonyl (C=O) groups is 5. The Bertz CT molecular complexity index is 753. The summed E-state index contributed by atoms with van der Waals surface area (Å²) in [6.07, 6.45) is 1.86. The van der Waals surface area contributed by atoms with Crippen LogP contribution in [-0.2, 0) is 30.4 Å². The van der Waals surface area contributed by atoms with Crippen molar-refractivity contribution in [2.24, 2.45) is 5.73 Å². The Morgan fingerprint density at radius 2 is 1.67 bits per heavy atom. The zero-order valence-electron chi connectivity index (χ0n) is 15.8. The summed E-state index contributed by atoms with van der Waals surface area (Å²) in [7, 11) is 0. The third-order valence-corrected chi connectivity index (χ3v) is 3.89. The van der Waals surface area contributed by atoms with Gasteiger partial charge >= 0.3 is 11.9 Å². The number of H-pyrrole nitrogens is 1. The number of imidazole rings is 1. The molecule has 3 atom stereocenters. The Morgan fingerprint density at radius 1 is 1.03 bits per heavy atom. The van der Waals surface area contributed by atoms with E-state index in [1.165, 1.54) is 12.5 Å². The molecule has 0 aliphatic carbocycles. The molecule has 30 heavy (non-hydrogen) atoms. The van der Waals surface area contributed by atoms with Crippen LogP contribution in [0.1, 0.15) is 18.5 Å². The smallest absolute Gasteiger partial charge is 0.326 e. The second-order valence-corrected chi connectivity index (χ2v) is 6.18. The van der Waals surface area contributed by atoms with Gasteiger partial charge in [-0.25, -0.2) is 9.78 Å². The van der Waals surface area contributed by atoms with E-state index in [2.05, 4.69) is 25.9 Å². The molecule has 0 spiro atoms. The normalized spacial score (nSPS) is 13.5. The van der Waals surface area contributed by atoms with Crippen molar-refractivity contribution in [1.29, 1.82) is 0 Å². The molecule has 0 fully saturated rings. The average molecular weight is 428 g/mol. The largest absolute Gasteiger partial charge is 0.481 e. The number of rotatable bonds is 13. The lowest BCUT2D eigenvalue weighted by atomic mass is 10.1. The van der Waals surface area contributed by atoms with Crippen molar-refractivity contribution in [3.8, 4) is 0 Å². The van der Waals surface area contributed by atoms with Crippen LogP contribution in [0.4, 0.5) is 0 Å². The maximum atomic E-state index is 12.5. The summed E-state index contributed by atoms with van der Waals surface area (Å²) in [6, 6.07) is -4.23. The van der Waals surface area contributed by atoms with Crippen LogP contribution in [0.3, 0.4) is 0 Å². The fourth-order valence-electron chi connectivity index (χ4n) is 2.34. The molecule has 0 bridgehead atoms. The molecular weight excluding hydrogens is 404 g/mol. The molecule has 14 heteroatoms. The van der Waals surface area contributed by atoms with E-state index in [0.29, 0.717) is 5.69 Å². The Morgan fingerprint density at radius 3 is 2.17 bits per heavy atom. The SMILES string of the molecule is NCC(=O)NC(Cc1cnc[nH]1)C(=O)NC(CO)C(=O)NC(CCC(=O)O)C(=O)O. The van der Waals surface area contributed by atoms with E-state index in [0.717, 1.165) is 0 Å². The number of nitrogens with zero attached hydrogens (tertiary/aromatic N) is 1. The van der Waals surface area contributed by atoms with Crippen LogP contribution < -0.4 is 21.7 Å². The zero-order valence-corrected chi connectivity index (χ0v) is 15.8. The van der Waals surface area contributed by atoms with E-state index in [-0.39, 0.29) is 13.0 Å². The molecule has 0 aromatic carbocycles. The fraction of sp³-hybridized carbons (Fsp3) is 0.500. The molecular formula is C16H24N6O8. The molecule has 3 amide bonds. The lowest BCUT2D eigenvalue weighted by Gasteiger charge is -2.23. The molecule has 0 saturated heterocycles. The lowest BCUT2D eigenvalue weighted by Crippen LogP contribution is -2.57. The summed E-state index contributed by atoms with van der Waals surface area (Å²) in [5.74, 6) is -5.23. The molecule has 0 saturated carbocycles. The summed E-state index contributed by atoms with van der Waals surface area (Å²) < 4.78 is 0. The first kappa shape index (κ1) is 24.5. The van der Waals surface area contributed by atoms with Crippen LogP contribution >= 0.6 is 0 Å². The second-order valence-electron chi connectivity index (χ2n) is 6.18. The Labute approximate surface area is 170 Å². The van der Waals surface area contributed by atoms with Gasteiger partial charge in [0.2, 0.25) is 17.7 Å². The highest BCUT2D eigenvalue weighted by atomic mass is 16.4. The number of hydrogen-bond acceptors (Lipinski definition) is 8. The maximum absolute atomic E-state index is 12.5. The van der Waals surface area contributed by atoms with E-state index in [9.17, 15) is 29.1 Å². The minimum atomic E-state index is -1.54. The molecule has 0 radical (unpaired) electrons. The summed E-state index contributed by atoms with van der Waals surface area (Å²) >= 11 is 0. The van der Waals surface area contributed by atoms with Crippen LogP contribution in [0.2, 0.25) is 0 Å². The van der Waals surface area contributed by atoms with Crippen LogP contribution in [0.15, 0.2) is 12.5 Å². The van der Waals surface area contributed by atoms with E-state index in [1.807, 2.05) is 0 Å². The van der Waals surface area contributed by atoms with Crippen molar-refractivity contribution in [2.45, 2.75) is 37.4 Å². The Hall–Kier alpha value is -3.52. The van der Waals surface area contributed by atoms with Gasteiger partial charge in [-0.15, -0.1) is 0 Å². The van der Waals surface area contributed by atoms with E-state index >= 15 is 0 Å².